The first-order valence-electron chi connectivity index (χ1n) is 9.30. The molecule has 0 aliphatic carbocycles. The number of nitrogens with zero attached hydrogens (tertiary/aromatic N) is 3. The molecular formula is C22H22Cl2N4O2. The van der Waals surface area contributed by atoms with Crippen molar-refractivity contribution in [2.45, 2.75) is 38.1 Å². The average Bonchev–Trinajstić information content (AvgIpc) is 3.21. The fraction of sp³-hybridized carbons (Fsp3) is 0.273. The van der Waals surface area contributed by atoms with Crippen LogP contribution >= 0.6 is 24.0 Å². The molecule has 0 radical (unpaired) electrons. The van der Waals surface area contributed by atoms with Crippen molar-refractivity contribution in [3.05, 3.63) is 76.8 Å². The Hall–Kier alpha value is -2.72. The van der Waals surface area contributed by atoms with Gasteiger partial charge in [0.15, 0.2) is 0 Å². The lowest BCUT2D eigenvalue weighted by Crippen LogP contribution is -2.53. The number of aromatic nitrogens is 2. The fourth-order valence-electron chi connectivity index (χ4n) is 3.70. The Morgan fingerprint density at radius 1 is 1.27 bits per heavy atom. The van der Waals surface area contributed by atoms with Crippen LogP contribution in [0.4, 0.5) is 5.69 Å². The first-order valence-corrected chi connectivity index (χ1v) is 9.68. The summed E-state index contributed by atoms with van der Waals surface area (Å²) in [5.41, 5.74) is 1.33. The Labute approximate surface area is 186 Å². The van der Waals surface area contributed by atoms with E-state index in [2.05, 4.69) is 20.9 Å². The highest BCUT2D eigenvalue weighted by Gasteiger charge is 2.45. The molecule has 1 aliphatic rings. The van der Waals surface area contributed by atoms with Crippen molar-refractivity contribution in [1.82, 2.24) is 9.97 Å². The Morgan fingerprint density at radius 2 is 2.00 bits per heavy atom. The molecule has 0 bridgehead atoms. The predicted octanol–water partition coefficient (Wildman–Crippen LogP) is 4.64. The summed E-state index contributed by atoms with van der Waals surface area (Å²) in [5, 5.41) is 21.3. The number of halogens is 2. The van der Waals surface area contributed by atoms with Crippen LogP contribution < -0.4 is 9.64 Å². The van der Waals surface area contributed by atoms with Gasteiger partial charge in [-0.05, 0) is 56.3 Å². The minimum absolute atomic E-state index is 0. The molecule has 6 nitrogen and oxygen atoms in total. The maximum atomic E-state index is 11.3. The molecule has 0 amide bonds. The zero-order valence-electron chi connectivity index (χ0n) is 16.5. The van der Waals surface area contributed by atoms with Crippen LogP contribution in [0.1, 0.15) is 36.8 Å². The number of anilines is 1. The van der Waals surface area contributed by atoms with Gasteiger partial charge >= 0.3 is 0 Å². The Balaban J connectivity index is 0.00000256. The molecule has 8 heteroatoms. The van der Waals surface area contributed by atoms with E-state index < -0.39 is 17.7 Å². The summed E-state index contributed by atoms with van der Waals surface area (Å²) in [7, 11) is 0. The molecule has 2 aromatic carbocycles. The van der Waals surface area contributed by atoms with Gasteiger partial charge in [-0.2, -0.15) is 5.26 Å². The Kier molecular flexibility index (Phi) is 6.27. The summed E-state index contributed by atoms with van der Waals surface area (Å²) in [4.78, 5) is 9.54. The van der Waals surface area contributed by atoms with Gasteiger partial charge in [0.05, 0.1) is 24.2 Å². The van der Waals surface area contributed by atoms with Crippen LogP contribution in [0.3, 0.4) is 0 Å². The molecule has 0 fully saturated rings. The van der Waals surface area contributed by atoms with E-state index in [1.165, 1.54) is 0 Å². The number of H-pyrrole nitrogens is 1. The van der Waals surface area contributed by atoms with Gasteiger partial charge in [0.2, 0.25) is 0 Å². The Bertz CT molecular complexity index is 1050. The largest absolute Gasteiger partial charge is 0.485 e. The fourth-order valence-corrected chi connectivity index (χ4v) is 3.83. The van der Waals surface area contributed by atoms with Gasteiger partial charge in [0.1, 0.15) is 23.3 Å². The standard InChI is InChI=1S/C22H21ClN4O2.ClH/c1-22(2)21(28)20(17-11-14(12-24)3-8-18(17)29-22)27(13-19-25-9-10-26-19)16-6-4-15(23)5-7-16;/h3-11,20-21,28H,13H2,1-2H3,(H,25,26);1H/t20-,21+;/m0./s1. The second-order valence-corrected chi connectivity index (χ2v) is 8.04. The molecule has 2 N–H and O–H groups in total. The van der Waals surface area contributed by atoms with Crippen molar-refractivity contribution in [2.75, 3.05) is 4.90 Å². The van der Waals surface area contributed by atoms with Crippen LogP contribution in [0.5, 0.6) is 5.75 Å². The second-order valence-electron chi connectivity index (χ2n) is 7.60. The van der Waals surface area contributed by atoms with Crippen molar-refractivity contribution in [1.29, 1.82) is 5.26 Å². The molecule has 2 heterocycles. The number of nitriles is 1. The highest BCUT2D eigenvalue weighted by molar-refractivity contribution is 6.30. The molecule has 30 heavy (non-hydrogen) atoms. The normalized spacial score (nSPS) is 19.0. The van der Waals surface area contributed by atoms with Crippen LogP contribution in [0.2, 0.25) is 5.02 Å². The van der Waals surface area contributed by atoms with E-state index in [4.69, 9.17) is 16.3 Å². The van der Waals surface area contributed by atoms with Gasteiger partial charge in [-0.1, -0.05) is 11.6 Å². The molecule has 1 aromatic heterocycles. The van der Waals surface area contributed by atoms with Crippen LogP contribution in [0.15, 0.2) is 54.9 Å². The third-order valence-electron chi connectivity index (χ3n) is 5.21. The number of ether oxygens (including phenoxy) is 1. The molecule has 0 saturated carbocycles. The maximum Gasteiger partial charge on any atom is 0.132 e. The lowest BCUT2D eigenvalue weighted by Gasteiger charge is -2.47. The predicted molar refractivity (Wildman–Crippen MR) is 118 cm³/mol. The maximum absolute atomic E-state index is 11.3. The minimum Gasteiger partial charge on any atom is -0.485 e. The number of fused-ring (bicyclic) bond motifs is 1. The number of aliphatic hydroxyl groups is 1. The van der Waals surface area contributed by atoms with Crippen molar-refractivity contribution in [3.8, 4) is 11.8 Å². The summed E-state index contributed by atoms with van der Waals surface area (Å²) in [6, 6.07) is 14.5. The third-order valence-corrected chi connectivity index (χ3v) is 5.46. The van der Waals surface area contributed by atoms with E-state index in [1.54, 1.807) is 30.6 Å². The number of aromatic amines is 1. The Morgan fingerprint density at radius 3 is 2.63 bits per heavy atom. The number of aliphatic hydroxyl groups excluding tert-OH is 1. The van der Waals surface area contributed by atoms with Gasteiger partial charge in [0, 0.05) is 28.7 Å². The van der Waals surface area contributed by atoms with Gasteiger partial charge in [0.25, 0.3) is 0 Å². The summed E-state index contributed by atoms with van der Waals surface area (Å²) in [6.45, 7) is 4.15. The minimum atomic E-state index is -0.852. The summed E-state index contributed by atoms with van der Waals surface area (Å²) < 4.78 is 6.07. The topological polar surface area (TPSA) is 85.2 Å². The smallest absolute Gasteiger partial charge is 0.132 e. The second kappa shape index (κ2) is 8.57. The van der Waals surface area contributed by atoms with E-state index in [-0.39, 0.29) is 12.4 Å². The van der Waals surface area contributed by atoms with E-state index in [1.807, 2.05) is 38.1 Å². The van der Waals surface area contributed by atoms with E-state index >= 15 is 0 Å². The molecule has 3 aromatic rings. The molecule has 0 saturated heterocycles. The van der Waals surface area contributed by atoms with Crippen LogP contribution in [0, 0.1) is 11.3 Å². The van der Waals surface area contributed by atoms with Gasteiger partial charge in [-0.3, -0.25) is 0 Å². The third kappa shape index (κ3) is 4.10. The number of nitrogens with one attached hydrogen (secondary N) is 1. The van der Waals surface area contributed by atoms with Crippen LogP contribution in [-0.4, -0.2) is 26.8 Å². The molecule has 4 rings (SSSR count). The lowest BCUT2D eigenvalue weighted by atomic mass is 9.84. The number of benzene rings is 2. The summed E-state index contributed by atoms with van der Waals surface area (Å²) in [6.07, 6.45) is 2.61. The molecule has 156 valence electrons. The molecule has 0 unspecified atom stereocenters. The molecular weight excluding hydrogens is 423 g/mol. The number of hydrogen-bond acceptors (Lipinski definition) is 5. The van der Waals surface area contributed by atoms with Crippen molar-refractivity contribution in [2.24, 2.45) is 0 Å². The molecule has 0 spiro atoms. The van der Waals surface area contributed by atoms with Crippen molar-refractivity contribution >= 4 is 29.7 Å². The highest BCUT2D eigenvalue weighted by atomic mass is 35.5. The van der Waals surface area contributed by atoms with Gasteiger partial charge < -0.3 is 19.7 Å². The zero-order valence-corrected chi connectivity index (χ0v) is 18.1. The van der Waals surface area contributed by atoms with Crippen LogP contribution in [-0.2, 0) is 6.54 Å². The van der Waals surface area contributed by atoms with E-state index in [9.17, 15) is 10.4 Å². The number of rotatable bonds is 4. The SMILES string of the molecule is CC1(C)Oc2ccc(C#N)cc2[C@H](N(Cc2ncc[nH]2)c2ccc(Cl)cc2)[C@H]1O.Cl. The van der Waals surface area contributed by atoms with Crippen molar-refractivity contribution in [3.63, 3.8) is 0 Å². The lowest BCUT2D eigenvalue weighted by molar-refractivity contribution is -0.0590. The van der Waals surface area contributed by atoms with Gasteiger partial charge in [-0.15, -0.1) is 12.4 Å². The quantitative estimate of drug-likeness (QED) is 0.612. The van der Waals surface area contributed by atoms with E-state index in [0.717, 1.165) is 17.1 Å². The zero-order chi connectivity index (χ0) is 20.6. The molecule has 1 aliphatic heterocycles. The van der Waals surface area contributed by atoms with Gasteiger partial charge in [-0.25, -0.2) is 4.98 Å². The number of hydrogen-bond donors (Lipinski definition) is 2. The first kappa shape index (κ1) is 22.0. The highest BCUT2D eigenvalue weighted by Crippen LogP contribution is 2.45. The van der Waals surface area contributed by atoms with E-state index in [0.29, 0.717) is 22.9 Å². The molecule has 2 atom stereocenters. The summed E-state index contributed by atoms with van der Waals surface area (Å²) >= 11 is 6.10. The monoisotopic (exact) mass is 444 g/mol. The van der Waals surface area contributed by atoms with Crippen LogP contribution in [0.25, 0.3) is 0 Å². The number of imidazole rings is 1. The average molecular weight is 445 g/mol. The first-order chi connectivity index (χ1) is 13.9. The van der Waals surface area contributed by atoms with Crippen molar-refractivity contribution < 1.29 is 9.84 Å². The summed E-state index contributed by atoms with van der Waals surface area (Å²) in [5.74, 6) is 1.41.